The third-order valence-corrected chi connectivity index (χ3v) is 6.29. The van der Waals surface area contributed by atoms with Crippen LogP contribution in [0.15, 0.2) is 103 Å². The van der Waals surface area contributed by atoms with Gasteiger partial charge >= 0.3 is 0 Å². The van der Waals surface area contributed by atoms with Crippen molar-refractivity contribution in [2.75, 3.05) is 4.90 Å². The molecule has 0 saturated carbocycles. The molecule has 5 rings (SSSR count). The summed E-state index contributed by atoms with van der Waals surface area (Å²) in [5.41, 5.74) is 3.44. The number of carbonyl (C=O) groups excluding carboxylic acids is 3. The van der Waals surface area contributed by atoms with E-state index in [1.165, 1.54) is 16.5 Å². The van der Waals surface area contributed by atoms with E-state index in [9.17, 15) is 14.4 Å². The number of ketones is 1. The van der Waals surface area contributed by atoms with Crippen molar-refractivity contribution in [1.82, 2.24) is 25.3 Å². The lowest BCUT2D eigenvalue weighted by atomic mass is 10.1. The van der Waals surface area contributed by atoms with Gasteiger partial charge in [0.05, 0.1) is 11.2 Å². The van der Waals surface area contributed by atoms with Gasteiger partial charge in [-0.05, 0) is 48.9 Å². The normalized spacial score (nSPS) is 11.6. The molecular weight excluding hydrogens is 492 g/mol. The van der Waals surface area contributed by atoms with Gasteiger partial charge in [-0.3, -0.25) is 24.3 Å². The summed E-state index contributed by atoms with van der Waals surface area (Å²) in [6.45, 7) is 1.54. The van der Waals surface area contributed by atoms with Crippen LogP contribution in [0.2, 0.25) is 0 Å². The molecule has 1 N–H and O–H groups in total. The van der Waals surface area contributed by atoms with Gasteiger partial charge < -0.3 is 5.32 Å². The van der Waals surface area contributed by atoms with E-state index >= 15 is 0 Å². The smallest absolute Gasteiger partial charge is 0.249 e. The third-order valence-electron chi connectivity index (χ3n) is 6.29. The molecule has 0 spiro atoms. The Kier molecular flexibility index (Phi) is 7.49. The summed E-state index contributed by atoms with van der Waals surface area (Å²) in [5, 5.41) is 11.3. The molecule has 0 aliphatic rings. The molecule has 0 bridgehead atoms. The summed E-state index contributed by atoms with van der Waals surface area (Å²) in [5.74, 6) is -0.992. The minimum Gasteiger partial charge on any atom is -0.350 e. The fourth-order valence-corrected chi connectivity index (χ4v) is 4.35. The quantitative estimate of drug-likeness (QED) is 0.294. The molecule has 5 aromatic rings. The number of hydrogen-bond acceptors (Lipinski definition) is 6. The third kappa shape index (κ3) is 5.72. The van der Waals surface area contributed by atoms with Crippen molar-refractivity contribution in [3.8, 4) is 0 Å². The fourth-order valence-electron chi connectivity index (χ4n) is 4.35. The first-order valence-electron chi connectivity index (χ1n) is 12.4. The first-order valence-corrected chi connectivity index (χ1v) is 12.4. The second-order valence-corrected chi connectivity index (χ2v) is 8.97. The van der Waals surface area contributed by atoms with Crippen LogP contribution in [-0.2, 0) is 22.7 Å². The Morgan fingerprint density at radius 1 is 0.897 bits per heavy atom. The molecule has 0 aliphatic heterocycles. The van der Waals surface area contributed by atoms with Crippen molar-refractivity contribution in [1.29, 1.82) is 0 Å². The van der Waals surface area contributed by atoms with Crippen LogP contribution < -0.4 is 10.2 Å². The van der Waals surface area contributed by atoms with Crippen LogP contribution in [-0.4, -0.2) is 37.6 Å². The Morgan fingerprint density at radius 2 is 1.67 bits per heavy atom. The molecular formula is C30H26N6O3. The van der Waals surface area contributed by atoms with Crippen LogP contribution in [0, 0.1) is 0 Å². The van der Waals surface area contributed by atoms with Gasteiger partial charge in [0, 0.05) is 24.0 Å². The van der Waals surface area contributed by atoms with Crippen LogP contribution in [0.5, 0.6) is 0 Å². The van der Waals surface area contributed by atoms with Crippen LogP contribution >= 0.6 is 0 Å². The zero-order valence-corrected chi connectivity index (χ0v) is 21.3. The Balaban J connectivity index is 1.57. The molecule has 3 aromatic carbocycles. The second kappa shape index (κ2) is 11.5. The second-order valence-electron chi connectivity index (χ2n) is 8.97. The number of amides is 2. The number of hydrogen-bond donors (Lipinski definition) is 1. The van der Waals surface area contributed by atoms with Gasteiger partial charge in [0.15, 0.2) is 11.8 Å². The Labute approximate surface area is 225 Å². The molecule has 2 aromatic heterocycles. The van der Waals surface area contributed by atoms with Crippen LogP contribution in [0.3, 0.4) is 0 Å². The number of rotatable bonds is 9. The van der Waals surface area contributed by atoms with Crippen molar-refractivity contribution < 1.29 is 14.4 Å². The summed E-state index contributed by atoms with van der Waals surface area (Å²) in [4.78, 5) is 45.9. The molecule has 9 nitrogen and oxygen atoms in total. The molecule has 0 radical (unpaired) electrons. The lowest BCUT2D eigenvalue weighted by Gasteiger charge is -2.31. The molecule has 0 fully saturated rings. The number of pyridine rings is 1. The monoisotopic (exact) mass is 518 g/mol. The van der Waals surface area contributed by atoms with E-state index in [2.05, 4.69) is 20.6 Å². The predicted molar refractivity (Wildman–Crippen MR) is 147 cm³/mol. The van der Waals surface area contributed by atoms with Gasteiger partial charge in [0.2, 0.25) is 11.8 Å². The molecule has 0 aliphatic carbocycles. The average Bonchev–Trinajstić information content (AvgIpc) is 3.38. The van der Waals surface area contributed by atoms with Crippen LogP contribution in [0.4, 0.5) is 5.69 Å². The van der Waals surface area contributed by atoms with E-state index < -0.39 is 17.9 Å². The van der Waals surface area contributed by atoms with Gasteiger partial charge in [0.25, 0.3) is 0 Å². The molecule has 1 atom stereocenters. The molecule has 2 amide bonds. The number of aromatic nitrogens is 4. The van der Waals surface area contributed by atoms with Crippen molar-refractivity contribution in [3.05, 3.63) is 120 Å². The van der Waals surface area contributed by atoms with Gasteiger partial charge in [-0.1, -0.05) is 65.9 Å². The molecule has 0 saturated heterocycles. The standard InChI is InChI=1S/C30H26N6O3/c1-21(37)23-12-9-13-24(18-23)36(28(38)20-35-27-16-6-5-14-25(27)33-34-35)29(26-15-7-8-17-31-26)30(39)32-19-22-10-3-2-4-11-22/h2-18,29H,19-20H2,1H3,(H,32,39)/t29-/m1/s1. The molecule has 2 heterocycles. The highest BCUT2D eigenvalue weighted by molar-refractivity contribution is 6.03. The number of Topliss-reactive ketones (excluding diaryl/α,β-unsaturated/α-hetero) is 1. The molecule has 39 heavy (non-hydrogen) atoms. The zero-order valence-electron chi connectivity index (χ0n) is 21.3. The van der Waals surface area contributed by atoms with Crippen LogP contribution in [0.25, 0.3) is 11.0 Å². The van der Waals surface area contributed by atoms with E-state index in [0.29, 0.717) is 28.0 Å². The lowest BCUT2D eigenvalue weighted by molar-refractivity contribution is -0.127. The Bertz CT molecular complexity index is 1620. The number of nitrogens with one attached hydrogen (secondary N) is 1. The van der Waals surface area contributed by atoms with Gasteiger partial charge in [-0.2, -0.15) is 0 Å². The summed E-state index contributed by atoms with van der Waals surface area (Å²) in [6.07, 6.45) is 1.58. The SMILES string of the molecule is CC(=O)c1cccc(N(C(=O)Cn2nnc3ccccc32)[C@@H](C(=O)NCc2ccccc2)c2ccccn2)c1. The number of carbonyl (C=O) groups is 3. The first-order chi connectivity index (χ1) is 19.0. The van der Waals surface area contributed by atoms with Gasteiger partial charge in [0.1, 0.15) is 12.1 Å². The zero-order chi connectivity index (χ0) is 27.2. The van der Waals surface area contributed by atoms with E-state index in [0.717, 1.165) is 5.56 Å². The molecule has 194 valence electrons. The Morgan fingerprint density at radius 3 is 2.44 bits per heavy atom. The van der Waals surface area contributed by atoms with Crippen molar-refractivity contribution >= 4 is 34.3 Å². The number of para-hydroxylation sites is 1. The first kappa shape index (κ1) is 25.5. The molecule has 0 unspecified atom stereocenters. The maximum absolute atomic E-state index is 14.1. The van der Waals surface area contributed by atoms with Gasteiger partial charge in [-0.25, -0.2) is 4.68 Å². The van der Waals surface area contributed by atoms with Crippen molar-refractivity contribution in [2.24, 2.45) is 0 Å². The van der Waals surface area contributed by atoms with E-state index in [4.69, 9.17) is 0 Å². The van der Waals surface area contributed by atoms with Crippen molar-refractivity contribution in [3.63, 3.8) is 0 Å². The minimum absolute atomic E-state index is 0.158. The Hall–Kier alpha value is -5.18. The average molecular weight is 519 g/mol. The number of fused-ring (bicyclic) bond motifs is 1. The largest absolute Gasteiger partial charge is 0.350 e. The highest BCUT2D eigenvalue weighted by atomic mass is 16.2. The maximum Gasteiger partial charge on any atom is 0.249 e. The number of nitrogens with zero attached hydrogens (tertiary/aromatic N) is 5. The predicted octanol–water partition coefficient (Wildman–Crippen LogP) is 4.12. The molecule has 9 heteroatoms. The summed E-state index contributed by atoms with van der Waals surface area (Å²) >= 11 is 0. The summed E-state index contributed by atoms with van der Waals surface area (Å²) < 4.78 is 1.50. The summed E-state index contributed by atoms with van der Waals surface area (Å²) in [7, 11) is 0. The van der Waals surface area contributed by atoms with E-state index in [1.54, 1.807) is 48.7 Å². The fraction of sp³-hybridized carbons (Fsp3) is 0.133. The van der Waals surface area contributed by atoms with E-state index in [-0.39, 0.29) is 18.9 Å². The number of benzene rings is 3. The lowest BCUT2D eigenvalue weighted by Crippen LogP contribution is -2.45. The van der Waals surface area contributed by atoms with Gasteiger partial charge in [-0.15, -0.1) is 5.10 Å². The van der Waals surface area contributed by atoms with E-state index in [1.807, 2.05) is 54.6 Å². The number of anilines is 1. The topological polar surface area (TPSA) is 110 Å². The summed E-state index contributed by atoms with van der Waals surface area (Å²) in [6, 6.07) is 27.6. The minimum atomic E-state index is -1.11. The maximum atomic E-state index is 14.1. The van der Waals surface area contributed by atoms with Crippen LogP contribution in [0.1, 0.15) is 34.6 Å². The highest BCUT2D eigenvalue weighted by Gasteiger charge is 2.34. The highest BCUT2D eigenvalue weighted by Crippen LogP contribution is 2.29. The van der Waals surface area contributed by atoms with Crippen molar-refractivity contribution in [2.45, 2.75) is 26.1 Å².